The summed E-state index contributed by atoms with van der Waals surface area (Å²) in [5, 5.41) is 8.56. The van der Waals surface area contributed by atoms with Gasteiger partial charge in [-0.15, -0.1) is 0 Å². The van der Waals surface area contributed by atoms with Crippen LogP contribution in [-0.2, 0) is 13.5 Å². The zero-order valence-electron chi connectivity index (χ0n) is 10.9. The summed E-state index contributed by atoms with van der Waals surface area (Å²) in [6.07, 6.45) is 2.84. The summed E-state index contributed by atoms with van der Waals surface area (Å²) < 4.78 is 1.83. The second-order valence-corrected chi connectivity index (χ2v) is 4.94. The fourth-order valence-electron chi connectivity index (χ4n) is 2.05. The van der Waals surface area contributed by atoms with Crippen LogP contribution in [0.4, 0.5) is 0 Å². The molecule has 1 unspecified atom stereocenters. The van der Waals surface area contributed by atoms with E-state index in [0.29, 0.717) is 0 Å². The predicted octanol–water partition coefficient (Wildman–Crippen LogP) is 2.89. The van der Waals surface area contributed by atoms with E-state index in [9.17, 15) is 0 Å². The molecule has 1 aromatic carbocycles. The number of rotatable bonds is 4. The quantitative estimate of drug-likeness (QED) is 0.919. The van der Waals surface area contributed by atoms with E-state index in [1.165, 1.54) is 5.56 Å². The van der Waals surface area contributed by atoms with Crippen LogP contribution in [0.1, 0.15) is 22.9 Å². The van der Waals surface area contributed by atoms with Gasteiger partial charge in [0.2, 0.25) is 0 Å². The zero-order chi connectivity index (χ0) is 13.1. The van der Waals surface area contributed by atoms with Gasteiger partial charge in [0.05, 0.1) is 5.69 Å². The van der Waals surface area contributed by atoms with Crippen molar-refractivity contribution in [2.24, 2.45) is 7.05 Å². The predicted molar refractivity (Wildman–Crippen MR) is 74.9 cm³/mol. The van der Waals surface area contributed by atoms with Gasteiger partial charge in [-0.2, -0.15) is 5.10 Å². The van der Waals surface area contributed by atoms with Gasteiger partial charge in [0.1, 0.15) is 0 Å². The maximum atomic E-state index is 6.06. The second kappa shape index (κ2) is 5.55. The fraction of sp³-hybridized carbons (Fsp3) is 0.357. The molecule has 0 saturated heterocycles. The van der Waals surface area contributed by atoms with Gasteiger partial charge in [-0.05, 0) is 37.2 Å². The van der Waals surface area contributed by atoms with Gasteiger partial charge >= 0.3 is 0 Å². The third-order valence-electron chi connectivity index (χ3n) is 3.11. The van der Waals surface area contributed by atoms with Crippen molar-refractivity contribution in [3.05, 3.63) is 52.3 Å². The summed E-state index contributed by atoms with van der Waals surface area (Å²) >= 11 is 6.06. The Bertz CT molecular complexity index is 534. The summed E-state index contributed by atoms with van der Waals surface area (Å²) in [6, 6.07) is 8.46. The maximum absolute atomic E-state index is 6.06. The fourth-order valence-corrected chi connectivity index (χ4v) is 2.17. The Morgan fingerprint density at radius 2 is 2.17 bits per heavy atom. The van der Waals surface area contributed by atoms with Crippen molar-refractivity contribution in [1.29, 1.82) is 0 Å². The largest absolute Gasteiger partial charge is 0.313 e. The third kappa shape index (κ3) is 2.92. The van der Waals surface area contributed by atoms with Gasteiger partial charge in [0, 0.05) is 30.7 Å². The first-order valence-corrected chi connectivity index (χ1v) is 6.40. The minimum atomic E-state index is 0.260. The number of benzene rings is 1. The number of halogens is 1. The third-order valence-corrected chi connectivity index (χ3v) is 3.54. The van der Waals surface area contributed by atoms with Crippen molar-refractivity contribution < 1.29 is 0 Å². The first-order valence-electron chi connectivity index (χ1n) is 6.02. The molecule has 0 aliphatic rings. The van der Waals surface area contributed by atoms with Crippen LogP contribution >= 0.6 is 11.6 Å². The lowest BCUT2D eigenvalue weighted by atomic mass is 10.0. The van der Waals surface area contributed by atoms with Gasteiger partial charge in [0.15, 0.2) is 0 Å². The van der Waals surface area contributed by atoms with Gasteiger partial charge in [-0.3, -0.25) is 4.68 Å². The van der Waals surface area contributed by atoms with Gasteiger partial charge in [0.25, 0.3) is 0 Å². The lowest BCUT2D eigenvalue weighted by Gasteiger charge is -2.16. The first kappa shape index (κ1) is 13.1. The molecule has 0 spiro atoms. The molecule has 3 nitrogen and oxygen atoms in total. The molecule has 2 rings (SSSR count). The summed E-state index contributed by atoms with van der Waals surface area (Å²) in [6.45, 7) is 2.03. The Morgan fingerprint density at radius 3 is 2.72 bits per heavy atom. The number of aryl methyl sites for hydroxylation is 2. The number of aromatic nitrogens is 2. The number of likely N-dealkylation sites (N-methyl/N-ethyl adjacent to an activating group) is 1. The van der Waals surface area contributed by atoms with Crippen LogP contribution < -0.4 is 5.32 Å². The topological polar surface area (TPSA) is 29.9 Å². The molecule has 96 valence electrons. The molecule has 2 aromatic rings. The van der Waals surface area contributed by atoms with Crippen LogP contribution in [0.25, 0.3) is 0 Å². The molecule has 0 fully saturated rings. The summed E-state index contributed by atoms with van der Waals surface area (Å²) in [5.41, 5.74) is 3.44. The van der Waals surface area contributed by atoms with Gasteiger partial charge < -0.3 is 5.32 Å². The number of nitrogens with zero attached hydrogens (tertiary/aromatic N) is 2. The average Bonchev–Trinajstić information content (AvgIpc) is 2.75. The normalized spacial score (nSPS) is 12.7. The van der Waals surface area contributed by atoms with Crippen LogP contribution in [0.5, 0.6) is 0 Å². The molecular formula is C14H18ClN3. The Morgan fingerprint density at radius 1 is 1.39 bits per heavy atom. The Kier molecular flexibility index (Phi) is 4.04. The van der Waals surface area contributed by atoms with Gasteiger partial charge in [-0.25, -0.2) is 0 Å². The minimum absolute atomic E-state index is 0.260. The van der Waals surface area contributed by atoms with Crippen LogP contribution in [-0.4, -0.2) is 16.8 Å². The van der Waals surface area contributed by atoms with Gasteiger partial charge in [-0.1, -0.05) is 23.7 Å². The molecule has 1 heterocycles. The number of hydrogen-bond donors (Lipinski definition) is 1. The SMILES string of the molecule is CNC(Cc1ccn(C)n1)c1ccc(Cl)c(C)c1. The Hall–Kier alpha value is -1.32. The van der Waals surface area contributed by atoms with Crippen molar-refractivity contribution in [3.63, 3.8) is 0 Å². The van der Waals surface area contributed by atoms with Crippen LogP contribution in [0.2, 0.25) is 5.02 Å². The standard InChI is InChI=1S/C14H18ClN3/c1-10-8-11(4-5-13(10)15)14(16-2)9-12-6-7-18(3)17-12/h4-8,14,16H,9H2,1-3H3. The van der Waals surface area contributed by atoms with Crippen molar-refractivity contribution in [3.8, 4) is 0 Å². The summed E-state index contributed by atoms with van der Waals surface area (Å²) in [4.78, 5) is 0. The molecule has 4 heteroatoms. The lowest BCUT2D eigenvalue weighted by Crippen LogP contribution is -2.19. The molecule has 1 N–H and O–H groups in total. The van der Waals surface area contributed by atoms with E-state index in [-0.39, 0.29) is 6.04 Å². The molecule has 0 aliphatic carbocycles. The molecule has 0 aliphatic heterocycles. The highest BCUT2D eigenvalue weighted by Gasteiger charge is 2.12. The Labute approximate surface area is 113 Å². The zero-order valence-corrected chi connectivity index (χ0v) is 11.7. The molecule has 1 aromatic heterocycles. The number of nitrogens with one attached hydrogen (secondary N) is 1. The highest BCUT2D eigenvalue weighted by Crippen LogP contribution is 2.22. The van der Waals surface area contributed by atoms with Crippen LogP contribution in [0, 0.1) is 6.92 Å². The maximum Gasteiger partial charge on any atom is 0.0643 e. The highest BCUT2D eigenvalue weighted by atomic mass is 35.5. The minimum Gasteiger partial charge on any atom is -0.313 e. The van der Waals surface area contributed by atoms with Crippen molar-refractivity contribution in [2.75, 3.05) is 7.05 Å². The highest BCUT2D eigenvalue weighted by molar-refractivity contribution is 6.31. The lowest BCUT2D eigenvalue weighted by molar-refractivity contribution is 0.577. The van der Waals surface area contributed by atoms with E-state index in [0.717, 1.165) is 22.7 Å². The van der Waals surface area contributed by atoms with Crippen molar-refractivity contribution >= 4 is 11.6 Å². The number of hydrogen-bond acceptors (Lipinski definition) is 2. The van der Waals surface area contributed by atoms with Crippen LogP contribution in [0.15, 0.2) is 30.5 Å². The van der Waals surface area contributed by atoms with E-state index < -0.39 is 0 Å². The van der Waals surface area contributed by atoms with Crippen molar-refractivity contribution in [2.45, 2.75) is 19.4 Å². The second-order valence-electron chi connectivity index (χ2n) is 4.53. The van der Waals surface area contributed by atoms with E-state index in [1.54, 1.807) is 0 Å². The van der Waals surface area contributed by atoms with E-state index in [4.69, 9.17) is 11.6 Å². The average molecular weight is 264 g/mol. The molecule has 18 heavy (non-hydrogen) atoms. The first-order chi connectivity index (χ1) is 8.60. The molecule has 1 atom stereocenters. The molecular weight excluding hydrogens is 246 g/mol. The summed E-state index contributed by atoms with van der Waals surface area (Å²) in [7, 11) is 3.90. The van der Waals surface area contributed by atoms with E-state index in [2.05, 4.69) is 22.5 Å². The molecule has 0 saturated carbocycles. The summed E-state index contributed by atoms with van der Waals surface area (Å²) in [5.74, 6) is 0. The smallest absolute Gasteiger partial charge is 0.0643 e. The molecule has 0 radical (unpaired) electrons. The van der Waals surface area contributed by atoms with Crippen molar-refractivity contribution in [1.82, 2.24) is 15.1 Å². The van der Waals surface area contributed by atoms with E-state index in [1.807, 2.05) is 44.0 Å². The Balaban J connectivity index is 2.19. The molecule has 0 amide bonds. The molecule has 0 bridgehead atoms. The monoisotopic (exact) mass is 263 g/mol. The van der Waals surface area contributed by atoms with E-state index >= 15 is 0 Å². The van der Waals surface area contributed by atoms with Crippen LogP contribution in [0.3, 0.4) is 0 Å².